The molecule has 0 atom stereocenters. The van der Waals surface area contributed by atoms with Crippen LogP contribution >= 0.6 is 11.6 Å². The van der Waals surface area contributed by atoms with Crippen LogP contribution in [0.1, 0.15) is 23.6 Å². The van der Waals surface area contributed by atoms with Gasteiger partial charge >= 0.3 is 0 Å². The summed E-state index contributed by atoms with van der Waals surface area (Å²) < 4.78 is 0. The molecule has 0 saturated carbocycles. The minimum Gasteiger partial charge on any atom is -0.295 e. The number of hydrazone groups is 1. The van der Waals surface area contributed by atoms with E-state index >= 15 is 0 Å². The lowest BCUT2D eigenvalue weighted by Crippen LogP contribution is -2.43. The highest BCUT2D eigenvalue weighted by atomic mass is 35.5. The summed E-state index contributed by atoms with van der Waals surface area (Å²) in [5.74, 6) is 0. The summed E-state index contributed by atoms with van der Waals surface area (Å²) in [7, 11) is 0. The largest absolute Gasteiger partial charge is 0.295 e. The quantitative estimate of drug-likeness (QED) is 0.776. The molecule has 1 saturated heterocycles. The monoisotopic (exact) mass is 341 g/mol. The number of piperazine rings is 1. The molecule has 0 unspecified atom stereocenters. The average Bonchev–Trinajstić information content (AvgIpc) is 2.59. The van der Waals surface area contributed by atoms with Crippen molar-refractivity contribution in [3.8, 4) is 0 Å². The second-order valence-electron chi connectivity index (χ2n) is 6.38. The molecular formula is C20H24ClN3. The topological polar surface area (TPSA) is 18.8 Å². The molecule has 1 aliphatic heterocycles. The first kappa shape index (κ1) is 17.0. The highest BCUT2D eigenvalue weighted by Crippen LogP contribution is 2.17. The van der Waals surface area contributed by atoms with E-state index in [0.29, 0.717) is 0 Å². The van der Waals surface area contributed by atoms with E-state index in [2.05, 4.69) is 41.1 Å². The van der Waals surface area contributed by atoms with Crippen LogP contribution in [-0.2, 0) is 6.54 Å². The molecule has 24 heavy (non-hydrogen) atoms. The van der Waals surface area contributed by atoms with E-state index in [-0.39, 0.29) is 0 Å². The van der Waals surface area contributed by atoms with Gasteiger partial charge in [0.05, 0.1) is 5.71 Å². The third-order valence-corrected chi connectivity index (χ3v) is 4.76. The van der Waals surface area contributed by atoms with Crippen LogP contribution in [0.15, 0.2) is 53.6 Å². The van der Waals surface area contributed by atoms with Crippen molar-refractivity contribution >= 4 is 17.3 Å². The molecule has 126 valence electrons. The lowest BCUT2D eigenvalue weighted by atomic mass is 10.1. The van der Waals surface area contributed by atoms with E-state index < -0.39 is 0 Å². The van der Waals surface area contributed by atoms with Gasteiger partial charge in [-0.2, -0.15) is 5.10 Å². The lowest BCUT2D eigenvalue weighted by Gasteiger charge is -2.33. The standard InChI is InChI=1S/C20H24ClN3/c1-16-7-9-18(10-8-16)15-23-11-13-24(14-12-23)22-17(2)19-5-3-4-6-20(19)21/h3-10H,11-15H2,1-2H3/b22-17-. The predicted molar refractivity (Wildman–Crippen MR) is 102 cm³/mol. The van der Waals surface area contributed by atoms with Gasteiger partial charge in [0.2, 0.25) is 0 Å². The molecule has 0 N–H and O–H groups in total. The summed E-state index contributed by atoms with van der Waals surface area (Å²) in [6.07, 6.45) is 0. The maximum Gasteiger partial charge on any atom is 0.0661 e. The fraction of sp³-hybridized carbons (Fsp3) is 0.350. The molecule has 2 aromatic carbocycles. The molecule has 3 rings (SSSR count). The summed E-state index contributed by atoms with van der Waals surface area (Å²) in [5, 5.41) is 7.68. The molecule has 3 nitrogen and oxygen atoms in total. The van der Waals surface area contributed by atoms with E-state index in [0.717, 1.165) is 49.0 Å². The highest BCUT2D eigenvalue weighted by Gasteiger charge is 2.16. The van der Waals surface area contributed by atoms with Crippen molar-refractivity contribution in [2.75, 3.05) is 26.2 Å². The minimum absolute atomic E-state index is 0.761. The number of halogens is 1. The fourth-order valence-electron chi connectivity index (χ4n) is 2.97. The Labute approximate surface area is 149 Å². The zero-order valence-corrected chi connectivity index (χ0v) is 15.1. The minimum atomic E-state index is 0.761. The Morgan fingerprint density at radius 2 is 1.67 bits per heavy atom. The van der Waals surface area contributed by atoms with Gasteiger partial charge in [0.15, 0.2) is 0 Å². The smallest absolute Gasteiger partial charge is 0.0661 e. The number of aryl methyl sites for hydroxylation is 1. The number of rotatable bonds is 4. The number of nitrogens with zero attached hydrogens (tertiary/aromatic N) is 3. The maximum absolute atomic E-state index is 6.25. The number of hydrogen-bond acceptors (Lipinski definition) is 3. The second kappa shape index (κ2) is 7.82. The molecule has 0 bridgehead atoms. The number of benzene rings is 2. The molecule has 1 heterocycles. The van der Waals surface area contributed by atoms with Crippen LogP contribution in [0.4, 0.5) is 0 Å². The van der Waals surface area contributed by atoms with Crippen LogP contribution in [0.2, 0.25) is 5.02 Å². The second-order valence-corrected chi connectivity index (χ2v) is 6.79. The van der Waals surface area contributed by atoms with Crippen molar-refractivity contribution in [3.05, 3.63) is 70.2 Å². The predicted octanol–water partition coefficient (Wildman–Crippen LogP) is 4.19. The van der Waals surface area contributed by atoms with Crippen molar-refractivity contribution in [2.24, 2.45) is 5.10 Å². The molecule has 0 radical (unpaired) electrons. The van der Waals surface area contributed by atoms with Crippen molar-refractivity contribution in [1.29, 1.82) is 0 Å². The van der Waals surface area contributed by atoms with Gasteiger partial charge < -0.3 is 0 Å². The first-order chi connectivity index (χ1) is 11.6. The summed E-state index contributed by atoms with van der Waals surface area (Å²) in [4.78, 5) is 2.49. The maximum atomic E-state index is 6.25. The summed E-state index contributed by atoms with van der Waals surface area (Å²) in [6.45, 7) is 9.14. The summed E-state index contributed by atoms with van der Waals surface area (Å²) >= 11 is 6.25. The average molecular weight is 342 g/mol. The molecule has 0 aromatic heterocycles. The van der Waals surface area contributed by atoms with E-state index in [4.69, 9.17) is 16.7 Å². The van der Waals surface area contributed by atoms with Crippen molar-refractivity contribution in [3.63, 3.8) is 0 Å². The van der Waals surface area contributed by atoms with Crippen LogP contribution in [0.3, 0.4) is 0 Å². The molecule has 4 heteroatoms. The van der Waals surface area contributed by atoms with Crippen molar-refractivity contribution < 1.29 is 0 Å². The Morgan fingerprint density at radius 1 is 1.00 bits per heavy atom. The van der Waals surface area contributed by atoms with Crippen molar-refractivity contribution in [1.82, 2.24) is 9.91 Å². The van der Waals surface area contributed by atoms with Crippen LogP contribution in [0, 0.1) is 6.92 Å². The van der Waals surface area contributed by atoms with Gasteiger partial charge in [-0.1, -0.05) is 59.6 Å². The van der Waals surface area contributed by atoms with E-state index in [1.54, 1.807) is 0 Å². The van der Waals surface area contributed by atoms with Gasteiger partial charge in [0.25, 0.3) is 0 Å². The normalized spacial score (nSPS) is 16.5. The Morgan fingerprint density at radius 3 is 2.33 bits per heavy atom. The van der Waals surface area contributed by atoms with Gasteiger partial charge in [-0.15, -0.1) is 0 Å². The molecular weight excluding hydrogens is 318 g/mol. The van der Waals surface area contributed by atoms with E-state index in [1.165, 1.54) is 11.1 Å². The molecule has 1 aliphatic rings. The SMILES string of the molecule is C/C(=N/N1CCN(Cc2ccc(C)cc2)CC1)c1ccccc1Cl. The molecule has 0 aliphatic carbocycles. The van der Waals surface area contributed by atoms with Crippen LogP contribution in [0.5, 0.6) is 0 Å². The summed E-state index contributed by atoms with van der Waals surface area (Å²) in [5.41, 5.74) is 4.69. The molecule has 1 fully saturated rings. The van der Waals surface area contributed by atoms with Gasteiger partial charge in [-0.25, -0.2) is 0 Å². The Bertz CT molecular complexity index is 701. The fourth-order valence-corrected chi connectivity index (χ4v) is 3.24. The number of hydrogen-bond donors (Lipinski definition) is 0. The summed E-state index contributed by atoms with van der Waals surface area (Å²) in [6, 6.07) is 16.7. The third kappa shape index (κ3) is 4.37. The van der Waals surface area contributed by atoms with Crippen LogP contribution in [-0.4, -0.2) is 41.8 Å². The van der Waals surface area contributed by atoms with Gasteiger partial charge in [-0.05, 0) is 25.5 Å². The Kier molecular flexibility index (Phi) is 5.54. The van der Waals surface area contributed by atoms with E-state index in [1.807, 2.05) is 31.2 Å². The van der Waals surface area contributed by atoms with Gasteiger partial charge in [-0.3, -0.25) is 9.91 Å². The van der Waals surface area contributed by atoms with Crippen LogP contribution < -0.4 is 0 Å². The first-order valence-electron chi connectivity index (χ1n) is 8.45. The lowest BCUT2D eigenvalue weighted by molar-refractivity contribution is 0.130. The first-order valence-corrected chi connectivity index (χ1v) is 8.82. The molecule has 0 spiro atoms. The van der Waals surface area contributed by atoms with Crippen molar-refractivity contribution in [2.45, 2.75) is 20.4 Å². The zero-order chi connectivity index (χ0) is 16.9. The zero-order valence-electron chi connectivity index (χ0n) is 14.4. The third-order valence-electron chi connectivity index (χ3n) is 4.43. The van der Waals surface area contributed by atoms with E-state index in [9.17, 15) is 0 Å². The highest BCUT2D eigenvalue weighted by molar-refractivity contribution is 6.34. The molecule has 0 amide bonds. The van der Waals surface area contributed by atoms with Gasteiger partial charge in [0.1, 0.15) is 0 Å². The molecule has 2 aromatic rings. The Balaban J connectivity index is 1.56. The van der Waals surface area contributed by atoms with Crippen LogP contribution in [0.25, 0.3) is 0 Å². The van der Waals surface area contributed by atoms with Gasteiger partial charge in [0, 0.05) is 43.3 Å². The Hall–Kier alpha value is -1.84.